The standard InChI is InChI=1S/C14H15ClN2O/c1-9(16)12-4-3-10(7-13(12)15)11-5-6-17-14(8-11)18-2/h3-9H,16H2,1-2H3. The van der Waals surface area contributed by atoms with Gasteiger partial charge in [0.05, 0.1) is 7.11 Å². The first-order valence-electron chi connectivity index (χ1n) is 5.67. The molecule has 0 saturated heterocycles. The molecule has 2 rings (SSSR count). The molecule has 1 aromatic heterocycles. The Morgan fingerprint density at radius 1 is 1.22 bits per heavy atom. The highest BCUT2D eigenvalue weighted by Crippen LogP contribution is 2.29. The maximum Gasteiger partial charge on any atom is 0.213 e. The molecule has 1 atom stereocenters. The van der Waals surface area contributed by atoms with Crippen LogP contribution in [0.1, 0.15) is 18.5 Å². The lowest BCUT2D eigenvalue weighted by atomic mass is 10.0. The van der Waals surface area contributed by atoms with Gasteiger partial charge in [-0.1, -0.05) is 23.7 Å². The molecule has 4 heteroatoms. The van der Waals surface area contributed by atoms with Gasteiger partial charge in [-0.3, -0.25) is 0 Å². The first kappa shape index (κ1) is 12.9. The van der Waals surface area contributed by atoms with Crippen LogP contribution in [-0.2, 0) is 0 Å². The number of rotatable bonds is 3. The zero-order valence-corrected chi connectivity index (χ0v) is 11.1. The van der Waals surface area contributed by atoms with Crippen molar-refractivity contribution in [1.82, 2.24) is 4.98 Å². The third-order valence-corrected chi connectivity index (χ3v) is 3.10. The summed E-state index contributed by atoms with van der Waals surface area (Å²) in [5.41, 5.74) is 8.81. The van der Waals surface area contributed by atoms with E-state index in [4.69, 9.17) is 22.1 Å². The van der Waals surface area contributed by atoms with Gasteiger partial charge in [0.25, 0.3) is 0 Å². The molecule has 0 fully saturated rings. The summed E-state index contributed by atoms with van der Waals surface area (Å²) in [6.07, 6.45) is 1.71. The zero-order valence-electron chi connectivity index (χ0n) is 10.4. The summed E-state index contributed by atoms with van der Waals surface area (Å²) in [5, 5.41) is 0.679. The van der Waals surface area contributed by atoms with Crippen LogP contribution in [0.3, 0.4) is 0 Å². The number of benzene rings is 1. The number of hydrogen-bond acceptors (Lipinski definition) is 3. The van der Waals surface area contributed by atoms with E-state index in [0.717, 1.165) is 16.7 Å². The number of aromatic nitrogens is 1. The van der Waals surface area contributed by atoms with E-state index in [2.05, 4.69) is 4.98 Å². The van der Waals surface area contributed by atoms with Crippen LogP contribution in [0.5, 0.6) is 5.88 Å². The number of methoxy groups -OCH3 is 1. The van der Waals surface area contributed by atoms with Gasteiger partial charge >= 0.3 is 0 Å². The van der Waals surface area contributed by atoms with E-state index in [1.54, 1.807) is 13.3 Å². The van der Waals surface area contributed by atoms with Crippen molar-refractivity contribution in [2.75, 3.05) is 7.11 Å². The van der Waals surface area contributed by atoms with Crippen molar-refractivity contribution < 1.29 is 4.74 Å². The Morgan fingerprint density at radius 3 is 2.56 bits per heavy atom. The smallest absolute Gasteiger partial charge is 0.213 e. The molecular weight excluding hydrogens is 248 g/mol. The van der Waals surface area contributed by atoms with Gasteiger partial charge in [0.15, 0.2) is 0 Å². The van der Waals surface area contributed by atoms with E-state index < -0.39 is 0 Å². The predicted octanol–water partition coefficient (Wildman–Crippen LogP) is 3.43. The monoisotopic (exact) mass is 262 g/mol. The first-order chi connectivity index (χ1) is 8.61. The van der Waals surface area contributed by atoms with Crippen molar-refractivity contribution in [3.8, 4) is 17.0 Å². The zero-order chi connectivity index (χ0) is 13.1. The summed E-state index contributed by atoms with van der Waals surface area (Å²) in [4.78, 5) is 4.08. The summed E-state index contributed by atoms with van der Waals surface area (Å²) in [7, 11) is 1.60. The Labute approximate surface area is 112 Å². The van der Waals surface area contributed by atoms with Crippen LogP contribution in [0.4, 0.5) is 0 Å². The van der Waals surface area contributed by atoms with E-state index in [9.17, 15) is 0 Å². The molecule has 0 radical (unpaired) electrons. The van der Waals surface area contributed by atoms with Crippen molar-refractivity contribution in [2.45, 2.75) is 13.0 Å². The van der Waals surface area contributed by atoms with Crippen LogP contribution in [0.25, 0.3) is 11.1 Å². The minimum atomic E-state index is -0.0708. The predicted molar refractivity (Wildman–Crippen MR) is 73.8 cm³/mol. The van der Waals surface area contributed by atoms with E-state index in [-0.39, 0.29) is 6.04 Å². The van der Waals surface area contributed by atoms with Crippen LogP contribution in [-0.4, -0.2) is 12.1 Å². The van der Waals surface area contributed by atoms with Crippen molar-refractivity contribution in [3.63, 3.8) is 0 Å². The molecule has 0 aliphatic heterocycles. The molecule has 1 aromatic carbocycles. The molecule has 2 N–H and O–H groups in total. The maximum absolute atomic E-state index is 6.22. The van der Waals surface area contributed by atoms with Crippen molar-refractivity contribution in [2.24, 2.45) is 5.73 Å². The van der Waals surface area contributed by atoms with Gasteiger partial charge in [-0.15, -0.1) is 0 Å². The number of ether oxygens (including phenoxy) is 1. The highest BCUT2D eigenvalue weighted by Gasteiger charge is 2.07. The summed E-state index contributed by atoms with van der Waals surface area (Å²) < 4.78 is 5.10. The first-order valence-corrected chi connectivity index (χ1v) is 6.05. The fourth-order valence-electron chi connectivity index (χ4n) is 1.78. The average molecular weight is 263 g/mol. The molecule has 18 heavy (non-hydrogen) atoms. The van der Waals surface area contributed by atoms with Gasteiger partial charge < -0.3 is 10.5 Å². The molecule has 1 unspecified atom stereocenters. The molecule has 0 bridgehead atoms. The van der Waals surface area contributed by atoms with Crippen LogP contribution in [0, 0.1) is 0 Å². The van der Waals surface area contributed by atoms with E-state index in [1.807, 2.05) is 37.3 Å². The molecule has 0 aliphatic rings. The molecule has 94 valence electrons. The van der Waals surface area contributed by atoms with Crippen LogP contribution < -0.4 is 10.5 Å². The minimum Gasteiger partial charge on any atom is -0.481 e. The molecule has 0 spiro atoms. The summed E-state index contributed by atoms with van der Waals surface area (Å²) in [5.74, 6) is 0.583. The molecule has 0 saturated carbocycles. The number of halogens is 1. The Kier molecular flexibility index (Phi) is 3.84. The molecule has 0 amide bonds. The number of nitrogens with two attached hydrogens (primary N) is 1. The quantitative estimate of drug-likeness (QED) is 0.922. The second-order valence-electron chi connectivity index (χ2n) is 4.11. The van der Waals surface area contributed by atoms with E-state index in [0.29, 0.717) is 10.9 Å². The number of hydrogen-bond donors (Lipinski definition) is 1. The summed E-state index contributed by atoms with van der Waals surface area (Å²) in [6, 6.07) is 9.58. The van der Waals surface area contributed by atoms with Gasteiger partial charge in [-0.25, -0.2) is 4.98 Å². The van der Waals surface area contributed by atoms with Gasteiger partial charge in [0.1, 0.15) is 0 Å². The third-order valence-electron chi connectivity index (χ3n) is 2.77. The summed E-state index contributed by atoms with van der Waals surface area (Å²) in [6.45, 7) is 1.91. The second kappa shape index (κ2) is 5.38. The second-order valence-corrected chi connectivity index (χ2v) is 4.52. The fourth-order valence-corrected chi connectivity index (χ4v) is 2.13. The van der Waals surface area contributed by atoms with E-state index in [1.165, 1.54) is 0 Å². The lowest BCUT2D eigenvalue weighted by molar-refractivity contribution is 0.398. The molecule has 0 aliphatic carbocycles. The van der Waals surface area contributed by atoms with Crippen LogP contribution in [0.2, 0.25) is 5.02 Å². The average Bonchev–Trinajstić information content (AvgIpc) is 2.38. The molecular formula is C14H15ClN2O. The Morgan fingerprint density at radius 2 is 1.94 bits per heavy atom. The van der Waals surface area contributed by atoms with Crippen molar-refractivity contribution in [3.05, 3.63) is 47.1 Å². The van der Waals surface area contributed by atoms with Gasteiger partial charge in [0, 0.05) is 23.3 Å². The van der Waals surface area contributed by atoms with Crippen LogP contribution in [0.15, 0.2) is 36.5 Å². The van der Waals surface area contributed by atoms with Crippen LogP contribution >= 0.6 is 11.6 Å². The minimum absolute atomic E-state index is 0.0708. The van der Waals surface area contributed by atoms with Crippen molar-refractivity contribution in [1.29, 1.82) is 0 Å². The van der Waals surface area contributed by atoms with E-state index >= 15 is 0 Å². The highest BCUT2D eigenvalue weighted by molar-refractivity contribution is 6.31. The maximum atomic E-state index is 6.22. The molecule has 3 nitrogen and oxygen atoms in total. The topological polar surface area (TPSA) is 48.1 Å². The normalized spacial score (nSPS) is 12.2. The SMILES string of the molecule is COc1cc(-c2ccc(C(C)N)c(Cl)c2)ccn1. The van der Waals surface area contributed by atoms with Gasteiger partial charge in [-0.2, -0.15) is 0 Å². The number of pyridine rings is 1. The lowest BCUT2D eigenvalue weighted by Gasteiger charge is -2.10. The Balaban J connectivity index is 2.42. The number of nitrogens with zero attached hydrogens (tertiary/aromatic N) is 1. The van der Waals surface area contributed by atoms with Gasteiger partial charge in [0.2, 0.25) is 5.88 Å². The molecule has 2 aromatic rings. The van der Waals surface area contributed by atoms with Gasteiger partial charge in [-0.05, 0) is 35.7 Å². The lowest BCUT2D eigenvalue weighted by Crippen LogP contribution is -2.05. The summed E-state index contributed by atoms with van der Waals surface area (Å²) >= 11 is 6.22. The highest BCUT2D eigenvalue weighted by atomic mass is 35.5. The Hall–Kier alpha value is -1.58. The Bertz CT molecular complexity index is 555. The molecule has 1 heterocycles. The fraction of sp³-hybridized carbons (Fsp3) is 0.214. The van der Waals surface area contributed by atoms with Crippen molar-refractivity contribution >= 4 is 11.6 Å². The third kappa shape index (κ3) is 2.63. The largest absolute Gasteiger partial charge is 0.481 e.